The van der Waals surface area contributed by atoms with Crippen molar-refractivity contribution in [2.24, 2.45) is 0 Å². The summed E-state index contributed by atoms with van der Waals surface area (Å²) in [5.41, 5.74) is -1.69. The van der Waals surface area contributed by atoms with Crippen LogP contribution in [0.3, 0.4) is 0 Å². The first-order valence-electron chi connectivity index (χ1n) is 9.89. The Labute approximate surface area is 183 Å². The van der Waals surface area contributed by atoms with E-state index in [1.165, 1.54) is 29.4 Å². The molecule has 8 nitrogen and oxygen atoms in total. The lowest BCUT2D eigenvalue weighted by Gasteiger charge is -2.26. The molecule has 2 heterocycles. The van der Waals surface area contributed by atoms with Crippen molar-refractivity contribution in [2.45, 2.75) is 23.9 Å². The third-order valence-corrected chi connectivity index (χ3v) is 7.48. The molecule has 0 bridgehead atoms. The Hall–Kier alpha value is -2.89. The van der Waals surface area contributed by atoms with Crippen molar-refractivity contribution in [1.82, 2.24) is 14.5 Å². The third kappa shape index (κ3) is 3.87. The minimum Gasteiger partial charge on any atom is -0.379 e. The van der Waals surface area contributed by atoms with Crippen molar-refractivity contribution in [3.8, 4) is 0 Å². The topological polar surface area (TPSA) is 96.0 Å². The summed E-state index contributed by atoms with van der Waals surface area (Å²) < 4.78 is 60.3. The molecule has 2 aromatic carbocycles. The van der Waals surface area contributed by atoms with E-state index in [1.54, 1.807) is 6.07 Å². The molecule has 0 aromatic heterocycles. The van der Waals surface area contributed by atoms with Crippen molar-refractivity contribution in [2.75, 3.05) is 26.3 Å². The number of rotatable bonds is 5. The van der Waals surface area contributed by atoms with Crippen molar-refractivity contribution in [3.05, 3.63) is 65.2 Å². The number of halogens is 2. The Morgan fingerprint density at radius 2 is 1.81 bits per heavy atom. The lowest BCUT2D eigenvalue weighted by molar-refractivity contribution is -0.131. The van der Waals surface area contributed by atoms with Crippen molar-refractivity contribution >= 4 is 22.0 Å². The van der Waals surface area contributed by atoms with Gasteiger partial charge < -0.3 is 10.1 Å². The number of hydrogen-bond acceptors (Lipinski definition) is 5. The molecule has 0 aliphatic carbocycles. The first-order chi connectivity index (χ1) is 15.1. The molecule has 1 N–H and O–H groups in total. The molecular formula is C21H21F2N3O5S. The van der Waals surface area contributed by atoms with Crippen molar-refractivity contribution < 1.29 is 31.5 Å². The van der Waals surface area contributed by atoms with Gasteiger partial charge in [0.15, 0.2) is 0 Å². The average molecular weight is 465 g/mol. The van der Waals surface area contributed by atoms with Crippen LogP contribution in [0, 0.1) is 11.6 Å². The lowest BCUT2D eigenvalue weighted by atomic mass is 9.91. The molecule has 4 rings (SSSR count). The quantitative estimate of drug-likeness (QED) is 0.681. The van der Waals surface area contributed by atoms with Crippen molar-refractivity contribution in [1.29, 1.82) is 0 Å². The number of benzene rings is 2. The second kappa shape index (κ2) is 8.23. The highest BCUT2D eigenvalue weighted by Gasteiger charge is 2.50. The zero-order chi connectivity index (χ0) is 23.1. The van der Waals surface area contributed by atoms with Crippen LogP contribution in [-0.4, -0.2) is 55.9 Å². The number of nitrogens with one attached hydrogen (secondary N) is 1. The second-order valence-electron chi connectivity index (χ2n) is 7.73. The van der Waals surface area contributed by atoms with E-state index in [0.717, 1.165) is 23.1 Å². The molecular weight excluding hydrogens is 444 g/mol. The summed E-state index contributed by atoms with van der Waals surface area (Å²) in [5.74, 6) is -2.35. The van der Waals surface area contributed by atoms with Gasteiger partial charge in [-0.25, -0.2) is 22.0 Å². The van der Waals surface area contributed by atoms with E-state index in [0.29, 0.717) is 18.8 Å². The van der Waals surface area contributed by atoms with Crippen LogP contribution in [0.5, 0.6) is 0 Å². The summed E-state index contributed by atoms with van der Waals surface area (Å²) in [6, 6.07) is 7.81. The van der Waals surface area contributed by atoms with Gasteiger partial charge in [0, 0.05) is 18.7 Å². The van der Waals surface area contributed by atoms with Crippen molar-refractivity contribution in [3.63, 3.8) is 0 Å². The van der Waals surface area contributed by atoms with Crippen LogP contribution < -0.4 is 5.32 Å². The standard InChI is InChI=1S/C21H21F2N3O5S/c1-21(17-12-15(22)5-6-18(17)23)19(27)26(20(28)24-21)13-14-3-2-4-16(11-14)32(29,30)25-7-9-31-10-8-25/h2-6,11-12H,7-10,13H2,1H3,(H,24,28). The summed E-state index contributed by atoms with van der Waals surface area (Å²) in [7, 11) is -3.76. The number of nitrogens with zero attached hydrogens (tertiary/aromatic N) is 2. The van der Waals surface area contributed by atoms with E-state index >= 15 is 0 Å². The van der Waals surface area contributed by atoms with Gasteiger partial charge >= 0.3 is 6.03 Å². The maximum Gasteiger partial charge on any atom is 0.325 e. The normalized spacial score (nSPS) is 22.3. The van der Waals surface area contributed by atoms with Gasteiger partial charge in [-0.15, -0.1) is 0 Å². The lowest BCUT2D eigenvalue weighted by Crippen LogP contribution is -2.41. The summed E-state index contributed by atoms with van der Waals surface area (Å²) >= 11 is 0. The van der Waals surface area contributed by atoms with E-state index in [-0.39, 0.29) is 30.1 Å². The van der Waals surface area contributed by atoms with Gasteiger partial charge in [-0.05, 0) is 42.8 Å². The van der Waals surface area contributed by atoms with Crippen LogP contribution in [-0.2, 0) is 31.6 Å². The Morgan fingerprint density at radius 1 is 1.09 bits per heavy atom. The van der Waals surface area contributed by atoms with Gasteiger partial charge in [-0.3, -0.25) is 9.69 Å². The van der Waals surface area contributed by atoms with Gasteiger partial charge in [0.25, 0.3) is 5.91 Å². The van der Waals surface area contributed by atoms with Crippen LogP contribution in [0.25, 0.3) is 0 Å². The first kappa shape index (κ1) is 22.3. The second-order valence-corrected chi connectivity index (χ2v) is 9.67. The van der Waals surface area contributed by atoms with Crippen LogP contribution in [0.2, 0.25) is 0 Å². The smallest absolute Gasteiger partial charge is 0.325 e. The number of ether oxygens (including phenoxy) is 1. The maximum atomic E-state index is 14.3. The summed E-state index contributed by atoms with van der Waals surface area (Å²) in [4.78, 5) is 26.5. The average Bonchev–Trinajstić information content (AvgIpc) is 3.00. The van der Waals surface area contributed by atoms with E-state index in [9.17, 15) is 26.8 Å². The maximum absolute atomic E-state index is 14.3. The number of sulfonamides is 1. The molecule has 2 aromatic rings. The van der Waals surface area contributed by atoms with E-state index in [1.807, 2.05) is 0 Å². The molecule has 3 amide bonds. The molecule has 2 aliphatic rings. The number of urea groups is 1. The molecule has 2 aliphatic heterocycles. The van der Waals surface area contributed by atoms with Crippen LogP contribution in [0.1, 0.15) is 18.1 Å². The highest BCUT2D eigenvalue weighted by Crippen LogP contribution is 2.32. The molecule has 0 spiro atoms. The largest absolute Gasteiger partial charge is 0.379 e. The monoisotopic (exact) mass is 465 g/mol. The van der Waals surface area contributed by atoms with Gasteiger partial charge in [0.2, 0.25) is 10.0 Å². The molecule has 2 fully saturated rings. The highest BCUT2D eigenvalue weighted by molar-refractivity contribution is 7.89. The zero-order valence-corrected chi connectivity index (χ0v) is 18.0. The van der Waals surface area contributed by atoms with Gasteiger partial charge in [-0.2, -0.15) is 4.31 Å². The number of amides is 3. The molecule has 11 heteroatoms. The minimum absolute atomic E-state index is 0.0305. The molecule has 2 saturated heterocycles. The van der Waals surface area contributed by atoms with E-state index in [2.05, 4.69) is 5.32 Å². The summed E-state index contributed by atoms with van der Waals surface area (Å²) in [6.07, 6.45) is 0. The van der Waals surface area contributed by atoms with E-state index < -0.39 is 39.1 Å². The first-order valence-corrected chi connectivity index (χ1v) is 11.3. The highest BCUT2D eigenvalue weighted by atomic mass is 32.2. The Bertz CT molecular complexity index is 1180. The zero-order valence-electron chi connectivity index (χ0n) is 17.2. The third-order valence-electron chi connectivity index (χ3n) is 5.59. The Kier molecular flexibility index (Phi) is 5.74. The number of imide groups is 1. The van der Waals surface area contributed by atoms with E-state index in [4.69, 9.17) is 4.74 Å². The number of carbonyl (C=O) groups is 2. The molecule has 1 atom stereocenters. The fraction of sp³-hybridized carbons (Fsp3) is 0.333. The fourth-order valence-electron chi connectivity index (χ4n) is 3.83. The number of carbonyl (C=O) groups excluding carboxylic acids is 2. The Balaban J connectivity index is 1.60. The Morgan fingerprint density at radius 3 is 2.53 bits per heavy atom. The molecule has 32 heavy (non-hydrogen) atoms. The SMILES string of the molecule is CC1(c2cc(F)ccc2F)NC(=O)N(Cc2cccc(S(=O)(=O)N3CCOCC3)c2)C1=O. The number of hydrogen-bond donors (Lipinski definition) is 1. The van der Waals surface area contributed by atoms with Gasteiger partial charge in [0.05, 0.1) is 24.7 Å². The molecule has 170 valence electrons. The van der Waals surface area contributed by atoms with Crippen LogP contribution in [0.15, 0.2) is 47.4 Å². The predicted molar refractivity (Wildman–Crippen MR) is 109 cm³/mol. The minimum atomic E-state index is -3.76. The molecule has 0 radical (unpaired) electrons. The molecule has 0 saturated carbocycles. The van der Waals surface area contributed by atoms with Gasteiger partial charge in [-0.1, -0.05) is 12.1 Å². The summed E-state index contributed by atoms with van der Waals surface area (Å²) in [6.45, 7) is 2.13. The van der Waals surface area contributed by atoms with Crippen LogP contribution >= 0.6 is 0 Å². The fourth-order valence-corrected chi connectivity index (χ4v) is 5.31. The predicted octanol–water partition coefficient (Wildman–Crippen LogP) is 1.95. The van der Waals surface area contributed by atoms with Crippen LogP contribution in [0.4, 0.5) is 13.6 Å². The number of morpholine rings is 1. The summed E-state index contributed by atoms with van der Waals surface area (Å²) in [5, 5.41) is 2.42. The van der Waals surface area contributed by atoms with Gasteiger partial charge in [0.1, 0.15) is 17.2 Å². The molecule has 1 unspecified atom stereocenters.